The van der Waals surface area contributed by atoms with Crippen LogP contribution in [0.15, 0.2) is 36.4 Å². The zero-order valence-electron chi connectivity index (χ0n) is 13.0. The third-order valence-corrected chi connectivity index (χ3v) is 4.25. The lowest BCUT2D eigenvalue weighted by Crippen LogP contribution is -2.22. The van der Waals surface area contributed by atoms with Crippen molar-refractivity contribution in [2.45, 2.75) is 25.9 Å². The quantitative estimate of drug-likeness (QED) is 0.710. The molecule has 3 rings (SSSR count). The Balaban J connectivity index is 1.96. The van der Waals surface area contributed by atoms with Crippen LogP contribution >= 0.6 is 11.6 Å². The van der Waals surface area contributed by atoms with Gasteiger partial charge in [0.1, 0.15) is 6.10 Å². The first-order valence-electron chi connectivity index (χ1n) is 7.52. The Morgan fingerprint density at radius 3 is 2.70 bits per heavy atom. The van der Waals surface area contributed by atoms with Crippen LogP contribution in [0.4, 0.5) is 0 Å². The second kappa shape index (κ2) is 6.22. The van der Waals surface area contributed by atoms with E-state index >= 15 is 0 Å². The molecule has 2 unspecified atom stereocenters. The Labute approximate surface area is 139 Å². The van der Waals surface area contributed by atoms with E-state index in [1.165, 1.54) is 0 Å². The first-order valence-corrected chi connectivity index (χ1v) is 7.89. The number of carbonyl (C=O) groups is 1. The van der Waals surface area contributed by atoms with Gasteiger partial charge in [0.25, 0.3) is 0 Å². The number of aliphatic hydroxyl groups is 1. The summed E-state index contributed by atoms with van der Waals surface area (Å²) in [6, 6.07) is 11.6. The zero-order valence-corrected chi connectivity index (χ0v) is 13.7. The normalized spacial score (nSPS) is 14.1. The van der Waals surface area contributed by atoms with Crippen molar-refractivity contribution in [3.63, 3.8) is 0 Å². The van der Waals surface area contributed by atoms with Crippen molar-refractivity contribution in [2.24, 2.45) is 0 Å². The summed E-state index contributed by atoms with van der Waals surface area (Å²) in [5, 5.41) is 11.8. The number of H-pyrrole nitrogens is 1. The highest BCUT2D eigenvalue weighted by atomic mass is 35.5. The van der Waals surface area contributed by atoms with Crippen molar-refractivity contribution >= 4 is 39.4 Å². The number of benzene rings is 2. The van der Waals surface area contributed by atoms with Crippen LogP contribution in [-0.2, 0) is 9.53 Å². The van der Waals surface area contributed by atoms with E-state index in [1.807, 2.05) is 36.4 Å². The van der Waals surface area contributed by atoms with Crippen LogP contribution in [-0.4, -0.2) is 28.8 Å². The van der Waals surface area contributed by atoms with E-state index in [2.05, 4.69) is 4.98 Å². The van der Waals surface area contributed by atoms with Crippen LogP contribution < -0.4 is 0 Å². The number of ether oxygens (including phenoxy) is 1. The van der Waals surface area contributed by atoms with E-state index in [0.29, 0.717) is 5.02 Å². The Morgan fingerprint density at radius 2 is 1.96 bits per heavy atom. The molecule has 4 nitrogen and oxygen atoms in total. The lowest BCUT2D eigenvalue weighted by Gasteiger charge is -2.15. The van der Waals surface area contributed by atoms with Crippen LogP contribution in [0.5, 0.6) is 0 Å². The second-order valence-electron chi connectivity index (χ2n) is 5.77. The molecule has 0 aliphatic carbocycles. The Hall–Kier alpha value is -2.04. The average Bonchev–Trinajstić information content (AvgIpc) is 2.90. The van der Waals surface area contributed by atoms with Crippen molar-refractivity contribution in [2.75, 3.05) is 6.61 Å². The van der Waals surface area contributed by atoms with Gasteiger partial charge >= 0.3 is 5.97 Å². The topological polar surface area (TPSA) is 62.3 Å². The van der Waals surface area contributed by atoms with Gasteiger partial charge in [0.2, 0.25) is 0 Å². The molecule has 0 spiro atoms. The summed E-state index contributed by atoms with van der Waals surface area (Å²) in [7, 11) is 0. The van der Waals surface area contributed by atoms with E-state index in [9.17, 15) is 4.79 Å². The predicted octanol–water partition coefficient (Wildman–Crippen LogP) is 4.00. The number of aromatic amines is 1. The van der Waals surface area contributed by atoms with Gasteiger partial charge in [0, 0.05) is 26.8 Å². The standard InChI is InChI=1S/C18H18ClNO3/c1-10(9-21)23-18(22)11(2)12-3-5-14-15-8-13(19)4-6-16(15)20-17(14)7-12/h3-8,10-11,20-21H,9H2,1-2H3. The molecular weight excluding hydrogens is 314 g/mol. The molecule has 1 aromatic heterocycles. The minimum absolute atomic E-state index is 0.180. The van der Waals surface area contributed by atoms with Crippen LogP contribution in [0, 0.1) is 0 Å². The third-order valence-electron chi connectivity index (χ3n) is 4.01. The molecule has 0 radical (unpaired) electrons. The SMILES string of the molecule is CC(CO)OC(=O)C(C)c1ccc2c(c1)[nH]c1ccc(Cl)cc12. The molecule has 1 heterocycles. The van der Waals surface area contributed by atoms with Crippen LogP contribution in [0.2, 0.25) is 5.02 Å². The molecule has 2 atom stereocenters. The maximum absolute atomic E-state index is 12.1. The predicted molar refractivity (Wildman–Crippen MR) is 91.9 cm³/mol. The highest BCUT2D eigenvalue weighted by molar-refractivity contribution is 6.31. The van der Waals surface area contributed by atoms with Gasteiger partial charge in [0.05, 0.1) is 12.5 Å². The van der Waals surface area contributed by atoms with Crippen molar-refractivity contribution in [1.29, 1.82) is 0 Å². The molecule has 0 amide bonds. The molecule has 5 heteroatoms. The van der Waals surface area contributed by atoms with Crippen LogP contribution in [0.3, 0.4) is 0 Å². The molecule has 0 aliphatic rings. The Morgan fingerprint density at radius 1 is 1.17 bits per heavy atom. The minimum atomic E-state index is -0.496. The lowest BCUT2D eigenvalue weighted by atomic mass is 9.99. The molecule has 23 heavy (non-hydrogen) atoms. The smallest absolute Gasteiger partial charge is 0.313 e. The molecule has 0 saturated carbocycles. The van der Waals surface area contributed by atoms with Crippen molar-refractivity contribution < 1.29 is 14.6 Å². The van der Waals surface area contributed by atoms with E-state index in [4.69, 9.17) is 21.4 Å². The second-order valence-corrected chi connectivity index (χ2v) is 6.21. The molecule has 0 aliphatic heterocycles. The molecular formula is C18H18ClNO3. The molecule has 2 aromatic carbocycles. The number of esters is 1. The van der Waals surface area contributed by atoms with Crippen molar-refractivity contribution in [1.82, 2.24) is 4.98 Å². The lowest BCUT2D eigenvalue weighted by molar-refractivity contribution is -0.151. The summed E-state index contributed by atoms with van der Waals surface area (Å²) < 4.78 is 5.19. The number of hydrogen-bond donors (Lipinski definition) is 2. The number of aliphatic hydroxyl groups excluding tert-OH is 1. The largest absolute Gasteiger partial charge is 0.460 e. The first-order chi connectivity index (χ1) is 11.0. The van der Waals surface area contributed by atoms with Gasteiger partial charge < -0.3 is 14.8 Å². The van der Waals surface area contributed by atoms with Crippen molar-refractivity contribution in [3.05, 3.63) is 47.0 Å². The molecule has 0 saturated heterocycles. The van der Waals surface area contributed by atoms with Gasteiger partial charge in [-0.05, 0) is 43.7 Å². The fourth-order valence-electron chi connectivity index (χ4n) is 2.64. The summed E-state index contributed by atoms with van der Waals surface area (Å²) in [4.78, 5) is 15.4. The summed E-state index contributed by atoms with van der Waals surface area (Å²) in [5.41, 5.74) is 2.82. The number of halogens is 1. The van der Waals surface area contributed by atoms with Crippen LogP contribution in [0.1, 0.15) is 25.3 Å². The van der Waals surface area contributed by atoms with Gasteiger partial charge in [0.15, 0.2) is 0 Å². The van der Waals surface area contributed by atoms with Gasteiger partial charge in [-0.3, -0.25) is 4.79 Å². The number of fused-ring (bicyclic) bond motifs is 3. The van der Waals surface area contributed by atoms with E-state index in [-0.39, 0.29) is 12.6 Å². The Bertz CT molecular complexity index is 871. The molecule has 0 fully saturated rings. The highest BCUT2D eigenvalue weighted by Crippen LogP contribution is 2.30. The molecule has 3 aromatic rings. The van der Waals surface area contributed by atoms with E-state index < -0.39 is 12.0 Å². The maximum atomic E-state index is 12.1. The van der Waals surface area contributed by atoms with E-state index in [1.54, 1.807) is 13.8 Å². The van der Waals surface area contributed by atoms with Crippen LogP contribution in [0.25, 0.3) is 21.8 Å². The third kappa shape index (κ3) is 3.05. The number of carbonyl (C=O) groups excluding carboxylic acids is 1. The number of aromatic nitrogens is 1. The van der Waals surface area contributed by atoms with Crippen molar-refractivity contribution in [3.8, 4) is 0 Å². The summed E-state index contributed by atoms with van der Waals surface area (Å²) in [6.07, 6.45) is -0.496. The number of nitrogens with one attached hydrogen (secondary N) is 1. The Kier molecular flexibility index (Phi) is 4.28. The first kappa shape index (κ1) is 15.8. The van der Waals surface area contributed by atoms with Gasteiger partial charge in [-0.1, -0.05) is 23.7 Å². The molecule has 0 bridgehead atoms. The van der Waals surface area contributed by atoms with E-state index in [0.717, 1.165) is 27.4 Å². The average molecular weight is 332 g/mol. The van der Waals surface area contributed by atoms with Gasteiger partial charge in [-0.15, -0.1) is 0 Å². The summed E-state index contributed by atoms with van der Waals surface area (Å²) >= 11 is 6.07. The molecule has 120 valence electrons. The monoisotopic (exact) mass is 331 g/mol. The number of rotatable bonds is 4. The fourth-order valence-corrected chi connectivity index (χ4v) is 2.81. The van der Waals surface area contributed by atoms with Gasteiger partial charge in [-0.25, -0.2) is 0 Å². The summed E-state index contributed by atoms with van der Waals surface area (Å²) in [6.45, 7) is 3.28. The zero-order chi connectivity index (χ0) is 16.6. The summed E-state index contributed by atoms with van der Waals surface area (Å²) in [5.74, 6) is -0.742. The van der Waals surface area contributed by atoms with Gasteiger partial charge in [-0.2, -0.15) is 0 Å². The highest BCUT2D eigenvalue weighted by Gasteiger charge is 2.20. The fraction of sp³-hybridized carbons (Fsp3) is 0.278. The minimum Gasteiger partial charge on any atom is -0.460 e. The maximum Gasteiger partial charge on any atom is 0.313 e. The number of hydrogen-bond acceptors (Lipinski definition) is 3. The molecule has 2 N–H and O–H groups in total.